The van der Waals surface area contributed by atoms with Gasteiger partial charge in [-0.3, -0.25) is 0 Å². The Morgan fingerprint density at radius 1 is 1.30 bits per heavy atom. The number of hydrogen-bond donors (Lipinski definition) is 0. The number of fused-ring (bicyclic) bond motifs is 4. The van der Waals surface area contributed by atoms with Gasteiger partial charge in [-0.2, -0.15) is 0 Å². The Bertz CT molecular complexity index is 667. The minimum atomic E-state index is -0.143. The molecular weight excluding hydrogens is 288 g/mol. The topological polar surface area (TPSA) is 32.8 Å². The molecule has 1 amide bonds. The zero-order chi connectivity index (χ0) is 15.6. The van der Waals surface area contributed by atoms with Crippen molar-refractivity contribution in [2.75, 3.05) is 31.1 Å². The van der Waals surface area contributed by atoms with Crippen LogP contribution in [-0.4, -0.2) is 43.3 Å². The quantitative estimate of drug-likeness (QED) is 0.798. The van der Waals surface area contributed by atoms with E-state index in [0.29, 0.717) is 24.0 Å². The summed E-state index contributed by atoms with van der Waals surface area (Å²) in [6, 6.07) is 7.47. The summed E-state index contributed by atoms with van der Waals surface area (Å²) in [6.07, 6.45) is 4.96. The maximum atomic E-state index is 12.1. The first-order chi connectivity index (χ1) is 11.2. The number of hydrogen-bond acceptors (Lipinski definition) is 3. The Morgan fingerprint density at radius 2 is 2.17 bits per heavy atom. The van der Waals surface area contributed by atoms with Gasteiger partial charge in [0.1, 0.15) is 0 Å². The molecule has 1 saturated carbocycles. The third-order valence-corrected chi connectivity index (χ3v) is 6.51. The van der Waals surface area contributed by atoms with Gasteiger partial charge >= 0.3 is 6.09 Å². The Hall–Kier alpha value is -1.71. The van der Waals surface area contributed by atoms with E-state index >= 15 is 0 Å². The molecule has 0 unspecified atom stereocenters. The molecule has 4 nitrogen and oxygen atoms in total. The van der Waals surface area contributed by atoms with E-state index in [1.807, 2.05) is 11.8 Å². The van der Waals surface area contributed by atoms with Crippen LogP contribution in [0.2, 0.25) is 0 Å². The van der Waals surface area contributed by atoms with Gasteiger partial charge in [0.2, 0.25) is 0 Å². The van der Waals surface area contributed by atoms with Gasteiger partial charge in [-0.1, -0.05) is 18.2 Å². The lowest BCUT2D eigenvalue weighted by Gasteiger charge is -2.41. The number of amides is 1. The maximum absolute atomic E-state index is 12.1. The van der Waals surface area contributed by atoms with Gasteiger partial charge in [-0.25, -0.2) is 4.79 Å². The Labute approximate surface area is 137 Å². The Morgan fingerprint density at radius 3 is 2.96 bits per heavy atom. The molecule has 1 spiro atoms. The first-order valence-corrected chi connectivity index (χ1v) is 9.05. The number of likely N-dealkylation sites (tertiary alicyclic amines) is 1. The predicted octanol–water partition coefficient (Wildman–Crippen LogP) is 3.26. The molecule has 2 atom stereocenters. The fraction of sp³-hybridized carbons (Fsp3) is 0.632. The molecule has 0 bridgehead atoms. The number of rotatable bonds is 1. The van der Waals surface area contributed by atoms with Crippen LogP contribution in [0.15, 0.2) is 18.2 Å². The number of anilines is 1. The summed E-state index contributed by atoms with van der Waals surface area (Å²) >= 11 is 0. The van der Waals surface area contributed by atoms with Crippen molar-refractivity contribution < 1.29 is 9.53 Å². The lowest BCUT2D eigenvalue weighted by molar-refractivity contribution is 0.0933. The minimum absolute atomic E-state index is 0.143. The zero-order valence-corrected chi connectivity index (χ0v) is 13.8. The standard InChI is InChI=1S/C19H24N2O2/c1-2-23-18(22)20-10-6-16-14(12-20)13-4-3-5-15-17(13)21(16)11-9-19(15)7-8-19/h3-5,14,16H,2,6-12H2,1H3/t14-,16-/m0/s1. The highest BCUT2D eigenvalue weighted by Gasteiger charge is 2.53. The zero-order valence-electron chi connectivity index (χ0n) is 13.8. The van der Waals surface area contributed by atoms with E-state index in [-0.39, 0.29) is 6.09 Å². The third-order valence-electron chi connectivity index (χ3n) is 6.51. The van der Waals surface area contributed by atoms with E-state index in [1.54, 1.807) is 5.56 Å². The molecule has 0 N–H and O–H groups in total. The van der Waals surface area contributed by atoms with Crippen molar-refractivity contribution >= 4 is 11.8 Å². The molecule has 0 radical (unpaired) electrons. The molecule has 0 aromatic heterocycles. The van der Waals surface area contributed by atoms with Crippen LogP contribution in [-0.2, 0) is 10.2 Å². The van der Waals surface area contributed by atoms with Crippen LogP contribution < -0.4 is 4.90 Å². The molecule has 1 aliphatic carbocycles. The molecule has 122 valence electrons. The summed E-state index contributed by atoms with van der Waals surface area (Å²) in [6.45, 7) is 5.17. The van der Waals surface area contributed by atoms with E-state index in [4.69, 9.17) is 4.74 Å². The van der Waals surface area contributed by atoms with Crippen LogP contribution in [0.4, 0.5) is 10.5 Å². The first kappa shape index (κ1) is 13.7. The second kappa shape index (κ2) is 4.65. The third kappa shape index (κ3) is 1.81. The number of ether oxygens (including phenoxy) is 1. The first-order valence-electron chi connectivity index (χ1n) is 9.05. The van der Waals surface area contributed by atoms with Crippen molar-refractivity contribution in [2.45, 2.75) is 50.0 Å². The van der Waals surface area contributed by atoms with Gasteiger partial charge in [0.05, 0.1) is 6.61 Å². The van der Waals surface area contributed by atoms with Crippen molar-refractivity contribution in [3.63, 3.8) is 0 Å². The summed E-state index contributed by atoms with van der Waals surface area (Å²) in [5, 5.41) is 0. The largest absolute Gasteiger partial charge is 0.450 e. The fourth-order valence-electron chi connectivity index (χ4n) is 5.19. The monoisotopic (exact) mass is 312 g/mol. The summed E-state index contributed by atoms with van der Waals surface area (Å²) in [7, 11) is 0. The molecule has 1 aromatic carbocycles. The lowest BCUT2D eigenvalue weighted by Crippen LogP contribution is -2.49. The van der Waals surface area contributed by atoms with Crippen molar-refractivity contribution in [1.82, 2.24) is 4.90 Å². The number of carbonyl (C=O) groups is 1. The number of benzene rings is 1. The van der Waals surface area contributed by atoms with Crippen LogP contribution in [0.5, 0.6) is 0 Å². The van der Waals surface area contributed by atoms with Crippen LogP contribution >= 0.6 is 0 Å². The Kier molecular flexibility index (Phi) is 2.77. The SMILES string of the molecule is CCOC(=O)N1CC[C@H]2[C@@H](C1)c1cccc3c1N2CCC31CC1. The second-order valence-corrected chi connectivity index (χ2v) is 7.57. The minimum Gasteiger partial charge on any atom is -0.450 e. The van der Waals surface area contributed by atoms with E-state index in [1.165, 1.54) is 37.1 Å². The van der Waals surface area contributed by atoms with Gasteiger partial charge in [0.15, 0.2) is 0 Å². The van der Waals surface area contributed by atoms with Crippen molar-refractivity contribution in [3.8, 4) is 0 Å². The molecule has 2 fully saturated rings. The maximum Gasteiger partial charge on any atom is 0.409 e. The van der Waals surface area contributed by atoms with Gasteiger partial charge in [0.25, 0.3) is 0 Å². The molecular formula is C19H24N2O2. The highest BCUT2D eigenvalue weighted by atomic mass is 16.6. The molecule has 4 aliphatic rings. The van der Waals surface area contributed by atoms with E-state index < -0.39 is 0 Å². The summed E-state index contributed by atoms with van der Waals surface area (Å²) < 4.78 is 5.22. The van der Waals surface area contributed by atoms with Gasteiger partial charge < -0.3 is 14.5 Å². The normalized spacial score (nSPS) is 29.3. The average molecular weight is 312 g/mol. The number of para-hydroxylation sites is 1. The van der Waals surface area contributed by atoms with E-state index in [2.05, 4.69) is 23.1 Å². The van der Waals surface area contributed by atoms with Crippen molar-refractivity contribution in [3.05, 3.63) is 29.3 Å². The van der Waals surface area contributed by atoms with Crippen LogP contribution in [0.1, 0.15) is 49.7 Å². The molecule has 5 rings (SSSR count). The molecule has 4 heteroatoms. The highest BCUT2D eigenvalue weighted by Crippen LogP contribution is 2.60. The van der Waals surface area contributed by atoms with E-state index in [0.717, 1.165) is 19.5 Å². The van der Waals surface area contributed by atoms with E-state index in [9.17, 15) is 4.79 Å². The highest BCUT2D eigenvalue weighted by molar-refractivity contribution is 5.73. The summed E-state index contributed by atoms with van der Waals surface area (Å²) in [5.74, 6) is 0.456. The van der Waals surface area contributed by atoms with Gasteiger partial charge in [0, 0.05) is 37.3 Å². The molecule has 1 aromatic rings. The summed E-state index contributed by atoms with van der Waals surface area (Å²) in [4.78, 5) is 16.7. The van der Waals surface area contributed by atoms with Crippen LogP contribution in [0.3, 0.4) is 0 Å². The Balaban J connectivity index is 1.51. The predicted molar refractivity (Wildman–Crippen MR) is 89.1 cm³/mol. The lowest BCUT2D eigenvalue weighted by atomic mass is 9.85. The average Bonchev–Trinajstić information content (AvgIpc) is 3.28. The smallest absolute Gasteiger partial charge is 0.409 e. The van der Waals surface area contributed by atoms with Gasteiger partial charge in [-0.05, 0) is 49.1 Å². The van der Waals surface area contributed by atoms with Crippen LogP contribution in [0, 0.1) is 0 Å². The second-order valence-electron chi connectivity index (χ2n) is 7.57. The van der Waals surface area contributed by atoms with Gasteiger partial charge in [-0.15, -0.1) is 0 Å². The number of carbonyl (C=O) groups excluding carboxylic acids is 1. The molecule has 23 heavy (non-hydrogen) atoms. The fourth-order valence-corrected chi connectivity index (χ4v) is 5.19. The molecule has 3 aliphatic heterocycles. The molecule has 3 heterocycles. The number of piperidine rings is 1. The molecule has 1 saturated heterocycles. The summed E-state index contributed by atoms with van der Waals surface area (Å²) in [5.41, 5.74) is 5.10. The number of nitrogens with zero attached hydrogens (tertiary/aromatic N) is 2. The van der Waals surface area contributed by atoms with Crippen LogP contribution in [0.25, 0.3) is 0 Å². The van der Waals surface area contributed by atoms with Crippen molar-refractivity contribution in [1.29, 1.82) is 0 Å². The van der Waals surface area contributed by atoms with Crippen molar-refractivity contribution in [2.24, 2.45) is 0 Å².